The number of hydrogen-bond donors (Lipinski definition) is 1. The highest BCUT2D eigenvalue weighted by Gasteiger charge is 2.28. The summed E-state index contributed by atoms with van der Waals surface area (Å²) in [6.45, 7) is 0.716. The number of ether oxygens (including phenoxy) is 1. The molecule has 0 bridgehead atoms. The first-order chi connectivity index (χ1) is 8.59. The molecule has 0 atom stereocenters. The van der Waals surface area contributed by atoms with E-state index in [0.29, 0.717) is 6.61 Å². The molecule has 0 aromatic heterocycles. The fraction of sp³-hybridized carbons (Fsp3) is 0.600. The maximum absolute atomic E-state index is 6.31. The lowest BCUT2D eigenvalue weighted by Crippen LogP contribution is -2.37. The third-order valence-electron chi connectivity index (χ3n) is 3.80. The molecule has 0 amide bonds. The van der Waals surface area contributed by atoms with Crippen molar-refractivity contribution in [2.45, 2.75) is 37.6 Å². The minimum absolute atomic E-state index is 0.0269. The van der Waals surface area contributed by atoms with Crippen LogP contribution in [0.15, 0.2) is 24.3 Å². The van der Waals surface area contributed by atoms with Crippen molar-refractivity contribution in [3.05, 3.63) is 24.3 Å². The van der Waals surface area contributed by atoms with Gasteiger partial charge in [-0.3, -0.25) is 0 Å². The zero-order chi connectivity index (χ0) is 13.0. The fourth-order valence-electron chi connectivity index (χ4n) is 2.55. The second kappa shape index (κ2) is 5.61. The Kier molecular flexibility index (Phi) is 4.12. The van der Waals surface area contributed by atoms with Crippen molar-refractivity contribution in [2.24, 2.45) is 5.73 Å². The Morgan fingerprint density at radius 3 is 2.67 bits per heavy atom. The fourth-order valence-corrected chi connectivity index (χ4v) is 2.55. The molecule has 100 valence electrons. The summed E-state index contributed by atoms with van der Waals surface area (Å²) in [7, 11) is 4.07. The van der Waals surface area contributed by atoms with Crippen molar-refractivity contribution in [2.75, 3.05) is 25.6 Å². The Morgan fingerprint density at radius 2 is 2.00 bits per heavy atom. The molecule has 0 aliphatic heterocycles. The molecule has 0 radical (unpaired) electrons. The van der Waals surface area contributed by atoms with Crippen molar-refractivity contribution in [1.82, 2.24) is 0 Å². The number of rotatable bonds is 5. The van der Waals surface area contributed by atoms with Gasteiger partial charge in [0.25, 0.3) is 0 Å². The molecular weight excluding hydrogens is 224 g/mol. The van der Waals surface area contributed by atoms with Crippen LogP contribution < -0.4 is 15.4 Å². The van der Waals surface area contributed by atoms with Crippen LogP contribution in [0, 0.1) is 0 Å². The van der Waals surface area contributed by atoms with Crippen molar-refractivity contribution < 1.29 is 4.74 Å². The van der Waals surface area contributed by atoms with E-state index >= 15 is 0 Å². The molecule has 1 aromatic carbocycles. The molecule has 1 aliphatic carbocycles. The molecular formula is C15H24N2O. The van der Waals surface area contributed by atoms with E-state index in [2.05, 4.69) is 17.0 Å². The summed E-state index contributed by atoms with van der Waals surface area (Å²) in [5.41, 5.74) is 7.50. The maximum atomic E-state index is 6.31. The average Bonchev–Trinajstić information content (AvgIpc) is 2.77. The monoisotopic (exact) mass is 248 g/mol. The molecule has 2 N–H and O–H groups in total. The van der Waals surface area contributed by atoms with E-state index in [9.17, 15) is 0 Å². The Morgan fingerprint density at radius 1 is 1.28 bits per heavy atom. The third kappa shape index (κ3) is 3.39. The second-order valence-electron chi connectivity index (χ2n) is 5.56. The lowest BCUT2D eigenvalue weighted by molar-refractivity contribution is 0.258. The third-order valence-corrected chi connectivity index (χ3v) is 3.80. The van der Waals surface area contributed by atoms with E-state index in [0.717, 1.165) is 30.7 Å². The van der Waals surface area contributed by atoms with Crippen LogP contribution in [0.3, 0.4) is 0 Å². The SMILES string of the molecule is CN(C)c1cccc(OCCC2(N)CCCC2)c1. The number of benzene rings is 1. The number of nitrogens with zero attached hydrogens (tertiary/aromatic N) is 1. The maximum Gasteiger partial charge on any atom is 0.121 e. The van der Waals surface area contributed by atoms with E-state index in [1.54, 1.807) is 0 Å². The van der Waals surface area contributed by atoms with Crippen LogP contribution in [0.4, 0.5) is 5.69 Å². The topological polar surface area (TPSA) is 38.5 Å². The first-order valence-electron chi connectivity index (χ1n) is 6.78. The summed E-state index contributed by atoms with van der Waals surface area (Å²) >= 11 is 0. The van der Waals surface area contributed by atoms with Gasteiger partial charge in [-0.15, -0.1) is 0 Å². The summed E-state index contributed by atoms with van der Waals surface area (Å²) in [6, 6.07) is 8.18. The summed E-state index contributed by atoms with van der Waals surface area (Å²) in [5, 5.41) is 0. The van der Waals surface area contributed by atoms with Crippen LogP contribution in [0.5, 0.6) is 5.75 Å². The molecule has 1 aliphatic rings. The zero-order valence-corrected chi connectivity index (χ0v) is 11.5. The molecule has 0 heterocycles. The molecule has 3 heteroatoms. The van der Waals surface area contributed by atoms with Gasteiger partial charge in [0.15, 0.2) is 0 Å². The summed E-state index contributed by atoms with van der Waals surface area (Å²) in [4.78, 5) is 2.08. The summed E-state index contributed by atoms with van der Waals surface area (Å²) < 4.78 is 5.82. The highest BCUT2D eigenvalue weighted by Crippen LogP contribution is 2.30. The zero-order valence-electron chi connectivity index (χ0n) is 11.5. The standard InChI is InChI=1S/C15H24N2O/c1-17(2)13-6-5-7-14(12-13)18-11-10-15(16)8-3-4-9-15/h5-7,12H,3-4,8-11,16H2,1-2H3. The normalized spacial score (nSPS) is 17.7. The molecule has 1 saturated carbocycles. The quantitative estimate of drug-likeness (QED) is 0.871. The van der Waals surface area contributed by atoms with Gasteiger partial charge >= 0.3 is 0 Å². The van der Waals surface area contributed by atoms with Crippen LogP contribution in [0.25, 0.3) is 0 Å². The van der Waals surface area contributed by atoms with Crippen LogP contribution in [-0.2, 0) is 0 Å². The highest BCUT2D eigenvalue weighted by molar-refractivity contribution is 5.49. The van der Waals surface area contributed by atoms with Crippen LogP contribution >= 0.6 is 0 Å². The predicted octanol–water partition coefficient (Wildman–Crippen LogP) is 2.79. The largest absolute Gasteiger partial charge is 0.493 e. The minimum Gasteiger partial charge on any atom is -0.493 e. The van der Waals surface area contributed by atoms with Crippen LogP contribution in [0.1, 0.15) is 32.1 Å². The predicted molar refractivity (Wildman–Crippen MR) is 76.3 cm³/mol. The molecule has 0 spiro atoms. The number of anilines is 1. The molecule has 0 saturated heterocycles. The summed E-state index contributed by atoms with van der Waals surface area (Å²) in [6.07, 6.45) is 5.79. The highest BCUT2D eigenvalue weighted by atomic mass is 16.5. The molecule has 1 fully saturated rings. The summed E-state index contributed by atoms with van der Waals surface area (Å²) in [5.74, 6) is 0.933. The minimum atomic E-state index is 0.0269. The smallest absolute Gasteiger partial charge is 0.121 e. The van der Waals surface area contributed by atoms with Gasteiger partial charge < -0.3 is 15.4 Å². The Labute approximate surface area is 110 Å². The van der Waals surface area contributed by atoms with Crippen molar-refractivity contribution in [1.29, 1.82) is 0 Å². The lowest BCUT2D eigenvalue weighted by atomic mass is 9.95. The Hall–Kier alpha value is -1.22. The van der Waals surface area contributed by atoms with E-state index < -0.39 is 0 Å². The first-order valence-corrected chi connectivity index (χ1v) is 6.78. The molecule has 0 unspecified atom stereocenters. The Bertz CT molecular complexity index is 384. The van der Waals surface area contributed by atoms with Crippen LogP contribution in [-0.4, -0.2) is 26.2 Å². The van der Waals surface area contributed by atoms with Gasteiger partial charge in [0, 0.05) is 31.4 Å². The van der Waals surface area contributed by atoms with Gasteiger partial charge in [-0.25, -0.2) is 0 Å². The van der Waals surface area contributed by atoms with E-state index in [-0.39, 0.29) is 5.54 Å². The van der Waals surface area contributed by atoms with Crippen molar-refractivity contribution in [3.63, 3.8) is 0 Å². The molecule has 2 rings (SSSR count). The van der Waals surface area contributed by atoms with E-state index in [1.807, 2.05) is 26.2 Å². The van der Waals surface area contributed by atoms with Gasteiger partial charge in [-0.2, -0.15) is 0 Å². The number of hydrogen-bond acceptors (Lipinski definition) is 3. The number of nitrogens with two attached hydrogens (primary N) is 1. The molecule has 1 aromatic rings. The second-order valence-corrected chi connectivity index (χ2v) is 5.56. The lowest BCUT2D eigenvalue weighted by Gasteiger charge is -2.23. The van der Waals surface area contributed by atoms with E-state index in [1.165, 1.54) is 12.8 Å². The van der Waals surface area contributed by atoms with E-state index in [4.69, 9.17) is 10.5 Å². The van der Waals surface area contributed by atoms with Gasteiger partial charge in [0.05, 0.1) is 6.61 Å². The first kappa shape index (κ1) is 13.2. The van der Waals surface area contributed by atoms with Crippen molar-refractivity contribution in [3.8, 4) is 5.75 Å². The van der Waals surface area contributed by atoms with Gasteiger partial charge in [-0.1, -0.05) is 18.9 Å². The molecule has 18 heavy (non-hydrogen) atoms. The van der Waals surface area contributed by atoms with Gasteiger partial charge in [0.2, 0.25) is 0 Å². The molecule has 3 nitrogen and oxygen atoms in total. The van der Waals surface area contributed by atoms with Gasteiger partial charge in [-0.05, 0) is 31.4 Å². The van der Waals surface area contributed by atoms with Crippen LogP contribution in [0.2, 0.25) is 0 Å². The van der Waals surface area contributed by atoms with Crippen molar-refractivity contribution >= 4 is 5.69 Å². The van der Waals surface area contributed by atoms with Gasteiger partial charge in [0.1, 0.15) is 5.75 Å². The average molecular weight is 248 g/mol. The Balaban J connectivity index is 1.84.